The minimum Gasteiger partial charge on any atom is -0.349 e. The van der Waals surface area contributed by atoms with Crippen molar-refractivity contribution in [3.63, 3.8) is 0 Å². The van der Waals surface area contributed by atoms with Crippen molar-refractivity contribution < 1.29 is 9.59 Å². The van der Waals surface area contributed by atoms with Crippen LogP contribution in [0.3, 0.4) is 0 Å². The van der Waals surface area contributed by atoms with Crippen LogP contribution in [-0.2, 0) is 16.0 Å². The summed E-state index contributed by atoms with van der Waals surface area (Å²) in [6.07, 6.45) is 5.32. The second kappa shape index (κ2) is 7.21. The first-order chi connectivity index (χ1) is 11.9. The number of fused-ring (bicyclic) bond motifs is 1. The maximum absolute atomic E-state index is 12.1. The van der Waals surface area contributed by atoms with E-state index in [2.05, 4.69) is 42.5 Å². The molecule has 1 aliphatic rings. The number of carbonyl (C=O) groups is 2. The lowest BCUT2D eigenvalue weighted by Gasteiger charge is -2.24. The summed E-state index contributed by atoms with van der Waals surface area (Å²) >= 11 is 0. The van der Waals surface area contributed by atoms with E-state index in [1.54, 1.807) is 0 Å². The second-order valence-electron chi connectivity index (χ2n) is 7.02. The Morgan fingerprint density at radius 3 is 2.60 bits per heavy atom. The zero-order valence-electron chi connectivity index (χ0n) is 15.1. The van der Waals surface area contributed by atoms with E-state index in [9.17, 15) is 9.59 Å². The number of nitrogens with zero attached hydrogens (tertiary/aromatic N) is 2. The summed E-state index contributed by atoms with van der Waals surface area (Å²) in [5.41, 5.74) is 5.77. The van der Waals surface area contributed by atoms with Gasteiger partial charge in [0.1, 0.15) is 5.78 Å². The van der Waals surface area contributed by atoms with Crippen molar-refractivity contribution in [1.29, 1.82) is 0 Å². The summed E-state index contributed by atoms with van der Waals surface area (Å²) < 4.78 is 2.00. The molecule has 0 aliphatic heterocycles. The highest BCUT2D eigenvalue weighted by atomic mass is 16.2. The first-order valence-electron chi connectivity index (χ1n) is 8.88. The Morgan fingerprint density at radius 2 is 1.92 bits per heavy atom. The quantitative estimate of drug-likeness (QED) is 0.908. The van der Waals surface area contributed by atoms with Gasteiger partial charge in [-0.3, -0.25) is 4.79 Å². The predicted octanol–water partition coefficient (Wildman–Crippen LogP) is 3.35. The summed E-state index contributed by atoms with van der Waals surface area (Å²) in [6, 6.07) is 6.41. The molecule has 1 amide bonds. The van der Waals surface area contributed by atoms with Crippen molar-refractivity contribution in [2.45, 2.75) is 58.9 Å². The van der Waals surface area contributed by atoms with E-state index in [1.807, 2.05) is 10.9 Å². The number of nitrogens with one attached hydrogen (secondary N) is 1. The average Bonchev–Trinajstić information content (AvgIpc) is 2.97. The normalized spacial score (nSPS) is 16.4. The average molecular weight is 339 g/mol. The molecule has 0 spiro atoms. The number of Topliss-reactive ketones (excluding diaryl/α,β-unsaturated/α-hetero) is 1. The van der Waals surface area contributed by atoms with E-state index in [0.29, 0.717) is 6.42 Å². The van der Waals surface area contributed by atoms with Crippen molar-refractivity contribution in [2.75, 3.05) is 0 Å². The SMILES string of the molecule is CC(=O)CCC(=O)NC1CCCc2c1cnn2-c1cc(C)cc(C)c1. The number of rotatable bonds is 5. The maximum atomic E-state index is 12.1. The Balaban J connectivity index is 1.82. The summed E-state index contributed by atoms with van der Waals surface area (Å²) in [5.74, 6) is -0.0191. The summed E-state index contributed by atoms with van der Waals surface area (Å²) in [7, 11) is 0. The fourth-order valence-corrected chi connectivity index (χ4v) is 3.56. The van der Waals surface area contributed by atoms with Crippen LogP contribution in [-0.4, -0.2) is 21.5 Å². The fraction of sp³-hybridized carbons (Fsp3) is 0.450. The molecule has 0 saturated heterocycles. The molecule has 1 aromatic heterocycles. The zero-order valence-corrected chi connectivity index (χ0v) is 15.1. The second-order valence-corrected chi connectivity index (χ2v) is 7.02. The molecule has 1 atom stereocenters. The Morgan fingerprint density at radius 1 is 1.20 bits per heavy atom. The lowest BCUT2D eigenvalue weighted by molar-refractivity contribution is -0.125. The van der Waals surface area contributed by atoms with Gasteiger partial charge < -0.3 is 10.1 Å². The first-order valence-corrected chi connectivity index (χ1v) is 8.88. The van der Waals surface area contributed by atoms with Gasteiger partial charge in [0, 0.05) is 24.1 Å². The van der Waals surface area contributed by atoms with E-state index in [1.165, 1.54) is 23.7 Å². The van der Waals surface area contributed by atoms with Crippen molar-refractivity contribution in [1.82, 2.24) is 15.1 Å². The first kappa shape index (κ1) is 17.4. The lowest BCUT2D eigenvalue weighted by Crippen LogP contribution is -2.31. The van der Waals surface area contributed by atoms with E-state index < -0.39 is 0 Å². The molecule has 1 unspecified atom stereocenters. The number of aryl methyl sites for hydroxylation is 2. The number of carbonyl (C=O) groups excluding carboxylic acids is 2. The smallest absolute Gasteiger partial charge is 0.220 e. The molecule has 0 saturated carbocycles. The van der Waals surface area contributed by atoms with Crippen molar-refractivity contribution in [3.05, 3.63) is 46.8 Å². The summed E-state index contributed by atoms with van der Waals surface area (Å²) in [5, 5.41) is 7.67. The van der Waals surface area contributed by atoms with Crippen molar-refractivity contribution >= 4 is 11.7 Å². The van der Waals surface area contributed by atoms with Crippen LogP contribution in [0.4, 0.5) is 0 Å². The molecule has 3 rings (SSSR count). The molecule has 1 heterocycles. The van der Waals surface area contributed by atoms with Gasteiger partial charge in [0.25, 0.3) is 0 Å². The molecule has 0 fully saturated rings. The molecule has 0 radical (unpaired) electrons. The van der Waals surface area contributed by atoms with E-state index in [4.69, 9.17) is 0 Å². The Hall–Kier alpha value is -2.43. The molecule has 0 bridgehead atoms. The number of benzene rings is 1. The fourth-order valence-electron chi connectivity index (χ4n) is 3.56. The standard InChI is InChI=1S/C20H25N3O2/c1-13-9-14(2)11-16(10-13)23-19-6-4-5-18(17(19)12-21-23)22-20(25)8-7-15(3)24/h9-12,18H,4-8H2,1-3H3,(H,22,25). The van der Waals surface area contributed by atoms with Crippen LogP contribution < -0.4 is 5.32 Å². The Labute approximate surface area is 148 Å². The molecule has 5 nitrogen and oxygen atoms in total. The van der Waals surface area contributed by atoms with Crippen LogP contribution in [0, 0.1) is 13.8 Å². The minimum atomic E-state index is -0.0628. The topological polar surface area (TPSA) is 64.0 Å². The van der Waals surface area contributed by atoms with Gasteiger partial charge in [-0.1, -0.05) is 6.07 Å². The molecular formula is C20H25N3O2. The number of aromatic nitrogens is 2. The van der Waals surface area contributed by atoms with Crippen LogP contribution in [0.2, 0.25) is 0 Å². The predicted molar refractivity (Wildman–Crippen MR) is 96.8 cm³/mol. The largest absolute Gasteiger partial charge is 0.349 e. The highest BCUT2D eigenvalue weighted by molar-refractivity contribution is 5.83. The number of hydrogen-bond acceptors (Lipinski definition) is 3. The third-order valence-electron chi connectivity index (χ3n) is 4.67. The van der Waals surface area contributed by atoms with Crippen LogP contribution in [0.25, 0.3) is 5.69 Å². The third kappa shape index (κ3) is 3.98. The van der Waals surface area contributed by atoms with Crippen LogP contribution in [0.5, 0.6) is 0 Å². The number of hydrogen-bond donors (Lipinski definition) is 1. The van der Waals surface area contributed by atoms with Crippen molar-refractivity contribution in [3.8, 4) is 5.69 Å². The Bertz CT molecular complexity index is 787. The highest BCUT2D eigenvalue weighted by Crippen LogP contribution is 2.31. The van der Waals surface area contributed by atoms with Crippen molar-refractivity contribution in [2.24, 2.45) is 0 Å². The molecule has 1 N–H and O–H groups in total. The van der Waals surface area contributed by atoms with Gasteiger partial charge in [0.2, 0.25) is 5.91 Å². The summed E-state index contributed by atoms with van der Waals surface area (Å²) in [4.78, 5) is 23.2. The van der Waals surface area contributed by atoms with E-state index >= 15 is 0 Å². The van der Waals surface area contributed by atoms with Crippen LogP contribution >= 0.6 is 0 Å². The lowest BCUT2D eigenvalue weighted by atomic mass is 9.92. The van der Waals surface area contributed by atoms with E-state index in [-0.39, 0.29) is 24.2 Å². The van der Waals surface area contributed by atoms with Gasteiger partial charge >= 0.3 is 0 Å². The molecule has 25 heavy (non-hydrogen) atoms. The molecule has 2 aromatic rings. The van der Waals surface area contributed by atoms with Gasteiger partial charge in [0.15, 0.2) is 0 Å². The highest BCUT2D eigenvalue weighted by Gasteiger charge is 2.26. The summed E-state index contributed by atoms with van der Waals surface area (Å²) in [6.45, 7) is 5.69. The zero-order chi connectivity index (χ0) is 18.0. The van der Waals surface area contributed by atoms with Gasteiger partial charge in [-0.2, -0.15) is 5.10 Å². The minimum absolute atomic E-state index is 0.0112. The number of ketones is 1. The maximum Gasteiger partial charge on any atom is 0.220 e. The molecule has 1 aromatic carbocycles. The monoisotopic (exact) mass is 339 g/mol. The van der Waals surface area contributed by atoms with Gasteiger partial charge in [0.05, 0.1) is 17.9 Å². The van der Waals surface area contributed by atoms with Crippen LogP contribution in [0.15, 0.2) is 24.4 Å². The molecular weight excluding hydrogens is 314 g/mol. The number of amides is 1. The Kier molecular flexibility index (Phi) is 5.02. The molecule has 5 heteroatoms. The van der Waals surface area contributed by atoms with Gasteiger partial charge in [-0.25, -0.2) is 4.68 Å². The molecule has 1 aliphatic carbocycles. The van der Waals surface area contributed by atoms with Crippen LogP contribution in [0.1, 0.15) is 61.0 Å². The molecule has 132 valence electrons. The third-order valence-corrected chi connectivity index (χ3v) is 4.67. The van der Waals surface area contributed by atoms with E-state index in [0.717, 1.165) is 30.5 Å². The van der Waals surface area contributed by atoms with Gasteiger partial charge in [-0.15, -0.1) is 0 Å². The van der Waals surface area contributed by atoms with Gasteiger partial charge in [-0.05, 0) is 63.3 Å².